The minimum absolute atomic E-state index is 0.147. The molecular formula is C14H15N3O2. The first kappa shape index (κ1) is 13.0. The van der Waals surface area contributed by atoms with E-state index in [1.54, 1.807) is 13.8 Å². The summed E-state index contributed by atoms with van der Waals surface area (Å²) in [6.45, 7) is 5.06. The highest BCUT2D eigenvalue weighted by molar-refractivity contribution is 5.89. The smallest absolute Gasteiger partial charge is 0.322 e. The molecule has 0 bridgehead atoms. The number of carbonyl (C=O) groups excluding carboxylic acids is 1. The van der Waals surface area contributed by atoms with Gasteiger partial charge in [0.1, 0.15) is 5.75 Å². The largest absolute Gasteiger partial charge is 0.424 e. The molecule has 19 heavy (non-hydrogen) atoms. The van der Waals surface area contributed by atoms with Gasteiger partial charge < -0.3 is 10.1 Å². The van der Waals surface area contributed by atoms with Gasteiger partial charge in [0.2, 0.25) is 5.91 Å². The predicted molar refractivity (Wildman–Crippen MR) is 72.3 cm³/mol. The van der Waals surface area contributed by atoms with Crippen LogP contribution in [-0.2, 0) is 4.79 Å². The Balaban J connectivity index is 2.27. The molecule has 0 saturated carbocycles. The average molecular weight is 257 g/mol. The van der Waals surface area contributed by atoms with E-state index >= 15 is 0 Å². The van der Waals surface area contributed by atoms with Crippen LogP contribution in [0.5, 0.6) is 11.8 Å². The lowest BCUT2D eigenvalue weighted by Crippen LogP contribution is -2.11. The molecule has 1 aromatic heterocycles. The van der Waals surface area contributed by atoms with Gasteiger partial charge >= 0.3 is 6.01 Å². The molecule has 5 nitrogen and oxygen atoms in total. The average Bonchev–Trinajstić information content (AvgIpc) is 2.35. The first-order valence-corrected chi connectivity index (χ1v) is 5.92. The minimum Gasteiger partial charge on any atom is -0.424 e. The van der Waals surface area contributed by atoms with Crippen molar-refractivity contribution < 1.29 is 9.53 Å². The zero-order chi connectivity index (χ0) is 13.8. The van der Waals surface area contributed by atoms with Gasteiger partial charge in [-0.3, -0.25) is 4.79 Å². The van der Waals surface area contributed by atoms with Gasteiger partial charge in [-0.1, -0.05) is 18.2 Å². The monoisotopic (exact) mass is 257 g/mol. The van der Waals surface area contributed by atoms with E-state index in [1.165, 1.54) is 6.92 Å². The molecule has 0 aliphatic carbocycles. The molecule has 0 fully saturated rings. The standard InChI is InChI=1S/C14H15N3O2/c1-9-13(17-11(3)18)10(2)16-14(15-9)19-12-7-5-4-6-8-12/h4-8H,1-3H3,(H,17,18). The van der Waals surface area contributed by atoms with Crippen molar-refractivity contribution in [3.8, 4) is 11.8 Å². The van der Waals surface area contributed by atoms with Crippen LogP contribution >= 0.6 is 0 Å². The summed E-state index contributed by atoms with van der Waals surface area (Å²) in [7, 11) is 0. The molecule has 5 heteroatoms. The number of hydrogen-bond acceptors (Lipinski definition) is 4. The zero-order valence-electron chi connectivity index (χ0n) is 11.1. The highest BCUT2D eigenvalue weighted by Crippen LogP contribution is 2.22. The SMILES string of the molecule is CC(=O)Nc1c(C)nc(Oc2ccccc2)nc1C. The number of anilines is 1. The normalized spacial score (nSPS) is 10.1. The fourth-order valence-corrected chi connectivity index (χ4v) is 1.68. The van der Waals surface area contributed by atoms with E-state index in [0.717, 1.165) is 0 Å². The van der Waals surface area contributed by atoms with Gasteiger partial charge in [-0.05, 0) is 26.0 Å². The third kappa shape index (κ3) is 3.28. The molecule has 98 valence electrons. The van der Waals surface area contributed by atoms with Crippen molar-refractivity contribution >= 4 is 11.6 Å². The van der Waals surface area contributed by atoms with Gasteiger partial charge in [-0.15, -0.1) is 0 Å². The molecule has 0 aliphatic heterocycles. The van der Waals surface area contributed by atoms with Crippen LogP contribution in [0.4, 0.5) is 5.69 Å². The highest BCUT2D eigenvalue weighted by Gasteiger charge is 2.10. The van der Waals surface area contributed by atoms with Gasteiger partial charge in [0, 0.05) is 6.92 Å². The summed E-state index contributed by atoms with van der Waals surface area (Å²) in [5, 5.41) is 2.71. The molecule has 1 amide bonds. The van der Waals surface area contributed by atoms with Crippen LogP contribution < -0.4 is 10.1 Å². The van der Waals surface area contributed by atoms with Gasteiger partial charge in [-0.25, -0.2) is 0 Å². The van der Waals surface area contributed by atoms with Crippen molar-refractivity contribution in [1.29, 1.82) is 0 Å². The van der Waals surface area contributed by atoms with Crippen molar-refractivity contribution in [2.24, 2.45) is 0 Å². The van der Waals surface area contributed by atoms with Crippen LogP contribution in [0.2, 0.25) is 0 Å². The van der Waals surface area contributed by atoms with Crippen LogP contribution in [-0.4, -0.2) is 15.9 Å². The molecule has 0 spiro atoms. The van der Waals surface area contributed by atoms with Crippen molar-refractivity contribution in [2.45, 2.75) is 20.8 Å². The van der Waals surface area contributed by atoms with E-state index in [2.05, 4.69) is 15.3 Å². The lowest BCUT2D eigenvalue weighted by atomic mass is 10.3. The van der Waals surface area contributed by atoms with Gasteiger partial charge in [0.25, 0.3) is 0 Å². The summed E-state index contributed by atoms with van der Waals surface area (Å²) in [6, 6.07) is 9.59. The van der Waals surface area contributed by atoms with E-state index < -0.39 is 0 Å². The quantitative estimate of drug-likeness (QED) is 0.918. The molecular weight excluding hydrogens is 242 g/mol. The van der Waals surface area contributed by atoms with Crippen molar-refractivity contribution in [3.05, 3.63) is 41.7 Å². The molecule has 0 atom stereocenters. The lowest BCUT2D eigenvalue weighted by molar-refractivity contribution is -0.114. The number of hydrogen-bond donors (Lipinski definition) is 1. The summed E-state index contributed by atoms with van der Waals surface area (Å²) in [6.07, 6.45) is 0. The molecule has 0 unspecified atom stereocenters. The zero-order valence-corrected chi connectivity index (χ0v) is 11.1. The van der Waals surface area contributed by atoms with E-state index in [9.17, 15) is 4.79 Å². The van der Waals surface area contributed by atoms with Crippen molar-refractivity contribution in [2.75, 3.05) is 5.32 Å². The molecule has 2 rings (SSSR count). The Hall–Kier alpha value is -2.43. The van der Waals surface area contributed by atoms with Crippen LogP contribution in [0.15, 0.2) is 30.3 Å². The Morgan fingerprint density at radius 1 is 1.11 bits per heavy atom. The number of benzene rings is 1. The molecule has 1 aromatic carbocycles. The number of nitrogens with zero attached hydrogens (tertiary/aromatic N) is 2. The minimum atomic E-state index is -0.147. The van der Waals surface area contributed by atoms with Crippen LogP contribution in [0, 0.1) is 13.8 Å². The van der Waals surface area contributed by atoms with Gasteiger partial charge in [0.05, 0.1) is 17.1 Å². The first-order valence-electron chi connectivity index (χ1n) is 5.92. The van der Waals surface area contributed by atoms with Crippen LogP contribution in [0.3, 0.4) is 0 Å². The fraction of sp³-hybridized carbons (Fsp3) is 0.214. The Morgan fingerprint density at radius 3 is 2.21 bits per heavy atom. The molecule has 1 heterocycles. The fourth-order valence-electron chi connectivity index (χ4n) is 1.68. The van der Waals surface area contributed by atoms with Gasteiger partial charge in [0.15, 0.2) is 0 Å². The van der Waals surface area contributed by atoms with E-state index in [4.69, 9.17) is 4.74 Å². The predicted octanol–water partition coefficient (Wildman–Crippen LogP) is 2.84. The third-order valence-corrected chi connectivity index (χ3v) is 2.50. The third-order valence-electron chi connectivity index (χ3n) is 2.50. The maximum atomic E-state index is 11.1. The summed E-state index contributed by atoms with van der Waals surface area (Å²) in [4.78, 5) is 19.6. The Labute approximate surface area is 111 Å². The van der Waals surface area contributed by atoms with Crippen LogP contribution in [0.1, 0.15) is 18.3 Å². The number of para-hydroxylation sites is 1. The number of aromatic nitrogens is 2. The highest BCUT2D eigenvalue weighted by atomic mass is 16.5. The molecule has 0 saturated heterocycles. The number of nitrogens with one attached hydrogen (secondary N) is 1. The van der Waals surface area contributed by atoms with E-state index in [1.807, 2.05) is 30.3 Å². The second kappa shape index (κ2) is 5.48. The summed E-state index contributed by atoms with van der Waals surface area (Å²) < 4.78 is 5.57. The number of rotatable bonds is 3. The molecule has 0 radical (unpaired) electrons. The Kier molecular flexibility index (Phi) is 3.75. The van der Waals surface area contributed by atoms with E-state index in [-0.39, 0.29) is 11.9 Å². The topological polar surface area (TPSA) is 64.1 Å². The second-order valence-electron chi connectivity index (χ2n) is 4.15. The summed E-state index contributed by atoms with van der Waals surface area (Å²) in [5.41, 5.74) is 1.98. The molecule has 1 N–H and O–H groups in total. The Bertz CT molecular complexity index is 574. The number of carbonyl (C=O) groups is 1. The maximum Gasteiger partial charge on any atom is 0.322 e. The number of amides is 1. The van der Waals surface area contributed by atoms with Crippen molar-refractivity contribution in [3.63, 3.8) is 0 Å². The number of aryl methyl sites for hydroxylation is 2. The van der Waals surface area contributed by atoms with Crippen molar-refractivity contribution in [1.82, 2.24) is 9.97 Å². The first-order chi connectivity index (χ1) is 9.06. The second-order valence-corrected chi connectivity index (χ2v) is 4.15. The Morgan fingerprint density at radius 2 is 1.68 bits per heavy atom. The summed E-state index contributed by atoms with van der Waals surface area (Å²) in [5.74, 6) is 0.528. The summed E-state index contributed by atoms with van der Waals surface area (Å²) >= 11 is 0. The number of ether oxygens (including phenoxy) is 1. The molecule has 2 aromatic rings. The van der Waals surface area contributed by atoms with Gasteiger partial charge in [-0.2, -0.15) is 9.97 Å². The van der Waals surface area contributed by atoms with Crippen LogP contribution in [0.25, 0.3) is 0 Å². The maximum absolute atomic E-state index is 11.1. The lowest BCUT2D eigenvalue weighted by Gasteiger charge is -2.11. The van der Waals surface area contributed by atoms with E-state index in [0.29, 0.717) is 22.8 Å². The molecule has 0 aliphatic rings.